The molecule has 0 aromatic carbocycles. The summed E-state index contributed by atoms with van der Waals surface area (Å²) in [5.74, 6) is 0.0808. The van der Waals surface area contributed by atoms with E-state index in [2.05, 4.69) is 15.2 Å². The Hall–Kier alpha value is -1.98. The molecule has 0 saturated carbocycles. The lowest BCUT2D eigenvalue weighted by molar-refractivity contribution is 0.102. The first kappa shape index (κ1) is 14.4. The maximum atomic E-state index is 11.4. The smallest absolute Gasteiger partial charge is 0.169 e. The Morgan fingerprint density at radius 3 is 2.60 bits per heavy atom. The highest BCUT2D eigenvalue weighted by Gasteiger charge is 2.13. The van der Waals surface area contributed by atoms with E-state index in [1.165, 1.54) is 11.3 Å². The van der Waals surface area contributed by atoms with Crippen LogP contribution in [0.4, 0.5) is 0 Å². The quantitative estimate of drug-likeness (QED) is 0.748. The molecule has 0 aliphatic carbocycles. The van der Waals surface area contributed by atoms with E-state index < -0.39 is 0 Å². The fourth-order valence-electron chi connectivity index (χ4n) is 1.88. The first-order valence-electron chi connectivity index (χ1n) is 5.81. The highest BCUT2D eigenvalue weighted by atomic mass is 35.5. The number of hydrogen-bond donors (Lipinski definition) is 1. The molecule has 3 aromatic rings. The lowest BCUT2D eigenvalue weighted by Gasteiger charge is -1.99. The second-order valence-corrected chi connectivity index (χ2v) is 5.19. The maximum Gasteiger partial charge on any atom is 0.169 e. The van der Waals surface area contributed by atoms with Gasteiger partial charge in [0.05, 0.1) is 9.75 Å². The van der Waals surface area contributed by atoms with E-state index in [1.807, 2.05) is 30.5 Å². The second kappa shape index (κ2) is 5.98. The fraction of sp³-hybridized carbons (Fsp3) is 0.0714. The Labute approximate surface area is 126 Å². The fourth-order valence-corrected chi connectivity index (χ4v) is 2.79. The molecule has 0 saturated heterocycles. The number of H-pyrrole nitrogens is 1. The zero-order chi connectivity index (χ0) is 13.2. The summed E-state index contributed by atoms with van der Waals surface area (Å²) in [6.07, 6.45) is 5.36. The molecule has 0 fully saturated rings. The van der Waals surface area contributed by atoms with Crippen LogP contribution in [-0.2, 0) is 0 Å². The number of carbonyl (C=O) groups is 1. The molecule has 1 N–H and O–H groups in total. The lowest BCUT2D eigenvalue weighted by atomic mass is 10.1. The molecule has 4 nitrogen and oxygen atoms in total. The van der Waals surface area contributed by atoms with Gasteiger partial charge in [-0.2, -0.15) is 5.10 Å². The van der Waals surface area contributed by atoms with Crippen molar-refractivity contribution in [2.75, 3.05) is 0 Å². The van der Waals surface area contributed by atoms with Crippen LogP contribution in [0, 0.1) is 0 Å². The van der Waals surface area contributed by atoms with Gasteiger partial charge in [0, 0.05) is 24.2 Å². The van der Waals surface area contributed by atoms with Crippen molar-refractivity contribution in [3.8, 4) is 21.7 Å². The van der Waals surface area contributed by atoms with Crippen molar-refractivity contribution < 1.29 is 4.79 Å². The number of carbonyl (C=O) groups excluding carboxylic acids is 1. The molecule has 0 atom stereocenters. The van der Waals surface area contributed by atoms with Crippen molar-refractivity contribution in [3.05, 3.63) is 47.7 Å². The number of hydrogen-bond acceptors (Lipinski definition) is 4. The van der Waals surface area contributed by atoms with Crippen molar-refractivity contribution in [1.29, 1.82) is 0 Å². The summed E-state index contributed by atoms with van der Waals surface area (Å²) in [5, 5.41) is 7.17. The molecule has 0 aliphatic heterocycles. The van der Waals surface area contributed by atoms with Gasteiger partial charge in [-0.15, -0.1) is 23.7 Å². The Morgan fingerprint density at radius 1 is 1.20 bits per heavy atom. The minimum Gasteiger partial charge on any atom is -0.294 e. The van der Waals surface area contributed by atoms with E-state index in [0.717, 1.165) is 26.6 Å². The van der Waals surface area contributed by atoms with Crippen LogP contribution in [0.25, 0.3) is 21.7 Å². The molecule has 0 aliphatic rings. The number of aromatic nitrogens is 3. The zero-order valence-corrected chi connectivity index (χ0v) is 12.3. The van der Waals surface area contributed by atoms with Gasteiger partial charge in [-0.3, -0.25) is 14.9 Å². The monoisotopic (exact) mass is 305 g/mol. The number of ketones is 1. The maximum absolute atomic E-state index is 11.4. The van der Waals surface area contributed by atoms with Gasteiger partial charge in [0.1, 0.15) is 5.69 Å². The third-order valence-electron chi connectivity index (χ3n) is 2.82. The SMILES string of the molecule is CC(=O)c1ccc(-c2n[nH]cc2-c2ccncc2)s1.Cl. The van der Waals surface area contributed by atoms with Gasteiger partial charge in [-0.25, -0.2) is 0 Å². The van der Waals surface area contributed by atoms with E-state index in [1.54, 1.807) is 19.3 Å². The number of pyridine rings is 1. The lowest BCUT2D eigenvalue weighted by Crippen LogP contribution is -1.83. The minimum atomic E-state index is 0. The summed E-state index contributed by atoms with van der Waals surface area (Å²) in [5.41, 5.74) is 2.93. The molecule has 0 bridgehead atoms. The Morgan fingerprint density at radius 2 is 1.95 bits per heavy atom. The first-order chi connectivity index (χ1) is 9.25. The Kier molecular flexibility index (Phi) is 4.32. The second-order valence-electron chi connectivity index (χ2n) is 4.10. The van der Waals surface area contributed by atoms with Crippen LogP contribution >= 0.6 is 23.7 Å². The summed E-state index contributed by atoms with van der Waals surface area (Å²) in [7, 11) is 0. The molecule has 3 aromatic heterocycles. The molecule has 0 amide bonds. The topological polar surface area (TPSA) is 58.6 Å². The molecule has 3 heterocycles. The van der Waals surface area contributed by atoms with E-state index in [9.17, 15) is 4.79 Å². The largest absolute Gasteiger partial charge is 0.294 e. The van der Waals surface area contributed by atoms with Gasteiger partial charge in [-0.05, 0) is 36.8 Å². The Bertz CT molecular complexity index is 721. The highest BCUT2D eigenvalue weighted by Crippen LogP contribution is 2.34. The van der Waals surface area contributed by atoms with Gasteiger partial charge in [-0.1, -0.05) is 0 Å². The van der Waals surface area contributed by atoms with E-state index in [4.69, 9.17) is 0 Å². The normalized spacial score (nSPS) is 10.1. The van der Waals surface area contributed by atoms with Crippen LogP contribution in [0.2, 0.25) is 0 Å². The number of thiophene rings is 1. The molecule has 6 heteroatoms. The standard InChI is InChI=1S/C14H11N3OS.ClH/c1-9(18)12-2-3-13(19-12)14-11(8-16-17-14)10-4-6-15-7-5-10;/h2-8H,1H3,(H,16,17);1H. The zero-order valence-electron chi connectivity index (χ0n) is 10.7. The predicted molar refractivity (Wildman–Crippen MR) is 82.4 cm³/mol. The number of nitrogens with one attached hydrogen (secondary N) is 1. The van der Waals surface area contributed by atoms with Crippen LogP contribution in [-0.4, -0.2) is 21.0 Å². The first-order valence-corrected chi connectivity index (χ1v) is 6.62. The van der Waals surface area contributed by atoms with E-state index >= 15 is 0 Å². The minimum absolute atomic E-state index is 0. The number of rotatable bonds is 3. The summed E-state index contributed by atoms with van der Waals surface area (Å²) < 4.78 is 0. The van der Waals surface area contributed by atoms with E-state index in [-0.39, 0.29) is 18.2 Å². The van der Waals surface area contributed by atoms with Crippen LogP contribution < -0.4 is 0 Å². The van der Waals surface area contributed by atoms with Crippen molar-refractivity contribution in [2.24, 2.45) is 0 Å². The van der Waals surface area contributed by atoms with Crippen LogP contribution in [0.1, 0.15) is 16.6 Å². The van der Waals surface area contributed by atoms with Crippen molar-refractivity contribution in [3.63, 3.8) is 0 Å². The van der Waals surface area contributed by atoms with Gasteiger partial charge < -0.3 is 0 Å². The third kappa shape index (κ3) is 2.64. The summed E-state index contributed by atoms with van der Waals surface area (Å²) in [4.78, 5) is 17.1. The molecular formula is C14H12ClN3OS. The molecule has 0 radical (unpaired) electrons. The average Bonchev–Trinajstić information content (AvgIpc) is 3.08. The number of aromatic amines is 1. The number of halogens is 1. The van der Waals surface area contributed by atoms with Crippen LogP contribution in [0.3, 0.4) is 0 Å². The summed E-state index contributed by atoms with van der Waals surface area (Å²) >= 11 is 1.46. The molecule has 20 heavy (non-hydrogen) atoms. The molecule has 3 rings (SSSR count). The highest BCUT2D eigenvalue weighted by molar-refractivity contribution is 7.17. The summed E-state index contributed by atoms with van der Waals surface area (Å²) in [6.45, 7) is 1.57. The van der Waals surface area contributed by atoms with Crippen molar-refractivity contribution >= 4 is 29.5 Å². The van der Waals surface area contributed by atoms with Crippen molar-refractivity contribution in [2.45, 2.75) is 6.92 Å². The van der Waals surface area contributed by atoms with Crippen LogP contribution in [0.5, 0.6) is 0 Å². The molecular weight excluding hydrogens is 294 g/mol. The molecule has 0 spiro atoms. The van der Waals surface area contributed by atoms with Gasteiger partial charge in [0.15, 0.2) is 5.78 Å². The average molecular weight is 306 g/mol. The van der Waals surface area contributed by atoms with E-state index in [0.29, 0.717) is 0 Å². The summed E-state index contributed by atoms with van der Waals surface area (Å²) in [6, 6.07) is 7.65. The van der Waals surface area contributed by atoms with Crippen LogP contribution in [0.15, 0.2) is 42.9 Å². The number of Topliss-reactive ketones (excluding diaryl/α,β-unsaturated/α-hetero) is 1. The van der Waals surface area contributed by atoms with Crippen molar-refractivity contribution in [1.82, 2.24) is 15.2 Å². The number of nitrogens with zero attached hydrogens (tertiary/aromatic N) is 2. The van der Waals surface area contributed by atoms with Gasteiger partial charge >= 0.3 is 0 Å². The van der Waals surface area contributed by atoms with Gasteiger partial charge in [0.2, 0.25) is 0 Å². The molecule has 102 valence electrons. The predicted octanol–water partition coefficient (Wildman–Crippen LogP) is 3.82. The Balaban J connectivity index is 0.00000147. The van der Waals surface area contributed by atoms with Gasteiger partial charge in [0.25, 0.3) is 0 Å². The third-order valence-corrected chi connectivity index (χ3v) is 4.01. The molecule has 0 unspecified atom stereocenters.